The van der Waals surface area contributed by atoms with E-state index in [0.29, 0.717) is 23.7 Å². The van der Waals surface area contributed by atoms with Crippen LogP contribution >= 0.6 is 0 Å². The lowest BCUT2D eigenvalue weighted by molar-refractivity contribution is -0.133. The first-order valence-electron chi connectivity index (χ1n) is 8.57. The van der Waals surface area contributed by atoms with Gasteiger partial charge in [0.15, 0.2) is 11.5 Å². The maximum atomic E-state index is 12.8. The summed E-state index contributed by atoms with van der Waals surface area (Å²) < 4.78 is 36.3. The smallest absolute Gasteiger partial charge is 0.243 e. The summed E-state index contributed by atoms with van der Waals surface area (Å²) in [5, 5.41) is 0. The second kappa shape index (κ2) is 7.11. The number of hydrogen-bond donors (Lipinski definition) is 0. The predicted molar refractivity (Wildman–Crippen MR) is 94.4 cm³/mol. The number of likely N-dealkylation sites (tertiary alicyclic amines) is 1. The van der Waals surface area contributed by atoms with E-state index in [-0.39, 0.29) is 25.3 Å². The first-order chi connectivity index (χ1) is 11.9. The number of benzene rings is 1. The van der Waals surface area contributed by atoms with Crippen LogP contribution in [-0.4, -0.2) is 51.4 Å². The SMILES string of the molecule is CCC1CCCCN1C(=O)CN(c1ccc2c(c1)OCO2)S(C)(=O)=O. The molecule has 7 nitrogen and oxygen atoms in total. The van der Waals surface area contributed by atoms with Crippen molar-refractivity contribution in [3.8, 4) is 11.5 Å². The highest BCUT2D eigenvalue weighted by molar-refractivity contribution is 7.92. The standard InChI is InChI=1S/C17H24N2O5S/c1-3-13-6-4-5-9-18(13)17(20)11-19(25(2,21)22)14-7-8-15-16(10-14)24-12-23-15/h7-8,10,13H,3-6,9,11-12H2,1-2H3. The fraction of sp³-hybridized carbons (Fsp3) is 0.588. The van der Waals surface area contributed by atoms with Crippen LogP contribution < -0.4 is 13.8 Å². The molecule has 138 valence electrons. The highest BCUT2D eigenvalue weighted by atomic mass is 32.2. The number of ether oxygens (including phenoxy) is 2. The largest absolute Gasteiger partial charge is 0.454 e. The lowest BCUT2D eigenvalue weighted by atomic mass is 10.00. The molecule has 8 heteroatoms. The molecule has 0 aliphatic carbocycles. The summed E-state index contributed by atoms with van der Waals surface area (Å²) in [7, 11) is -3.60. The summed E-state index contributed by atoms with van der Waals surface area (Å²) in [4.78, 5) is 14.6. The lowest BCUT2D eigenvalue weighted by Gasteiger charge is -2.36. The van der Waals surface area contributed by atoms with E-state index in [4.69, 9.17) is 9.47 Å². The summed E-state index contributed by atoms with van der Waals surface area (Å²) >= 11 is 0. The molecule has 0 saturated carbocycles. The van der Waals surface area contributed by atoms with Gasteiger partial charge in [-0.25, -0.2) is 8.42 Å². The Balaban J connectivity index is 1.83. The monoisotopic (exact) mass is 368 g/mol. The Morgan fingerprint density at radius 2 is 2.04 bits per heavy atom. The molecule has 2 aliphatic rings. The summed E-state index contributed by atoms with van der Waals surface area (Å²) in [6, 6.07) is 5.09. The van der Waals surface area contributed by atoms with Crippen molar-refractivity contribution in [3.63, 3.8) is 0 Å². The zero-order valence-corrected chi connectivity index (χ0v) is 15.4. The molecule has 3 rings (SSSR count). The average Bonchev–Trinajstić information content (AvgIpc) is 3.06. The van der Waals surface area contributed by atoms with Crippen LogP contribution in [0.3, 0.4) is 0 Å². The Bertz CT molecular complexity index is 749. The van der Waals surface area contributed by atoms with Gasteiger partial charge in [-0.1, -0.05) is 6.92 Å². The van der Waals surface area contributed by atoms with Crippen molar-refractivity contribution in [1.82, 2.24) is 4.90 Å². The molecule has 0 spiro atoms. The Labute approximate surface area is 148 Å². The molecule has 2 aliphatic heterocycles. The van der Waals surface area contributed by atoms with Crippen molar-refractivity contribution in [2.45, 2.75) is 38.6 Å². The van der Waals surface area contributed by atoms with E-state index >= 15 is 0 Å². The van der Waals surface area contributed by atoms with Gasteiger partial charge in [0, 0.05) is 18.7 Å². The van der Waals surface area contributed by atoms with E-state index in [1.807, 2.05) is 4.90 Å². The van der Waals surface area contributed by atoms with E-state index in [1.165, 1.54) is 0 Å². The molecule has 1 fully saturated rings. The highest BCUT2D eigenvalue weighted by Crippen LogP contribution is 2.36. The van der Waals surface area contributed by atoms with Crippen molar-refractivity contribution in [1.29, 1.82) is 0 Å². The van der Waals surface area contributed by atoms with Crippen molar-refractivity contribution in [3.05, 3.63) is 18.2 Å². The third kappa shape index (κ3) is 3.84. The van der Waals surface area contributed by atoms with E-state index in [2.05, 4.69) is 6.92 Å². The second-order valence-electron chi connectivity index (χ2n) is 6.45. The molecular weight excluding hydrogens is 344 g/mol. The third-order valence-corrected chi connectivity index (χ3v) is 5.88. The van der Waals surface area contributed by atoms with E-state index in [9.17, 15) is 13.2 Å². The molecule has 0 aromatic heterocycles. The fourth-order valence-corrected chi connectivity index (χ4v) is 4.25. The number of nitrogens with zero attached hydrogens (tertiary/aromatic N) is 2. The van der Waals surface area contributed by atoms with Crippen molar-refractivity contribution >= 4 is 21.6 Å². The Hall–Kier alpha value is -1.96. The molecule has 0 N–H and O–H groups in total. The maximum absolute atomic E-state index is 12.8. The van der Waals surface area contributed by atoms with Gasteiger partial charge in [-0.05, 0) is 37.8 Å². The summed E-state index contributed by atoms with van der Waals surface area (Å²) in [6.45, 7) is 2.66. The van der Waals surface area contributed by atoms with Gasteiger partial charge in [-0.15, -0.1) is 0 Å². The van der Waals surface area contributed by atoms with Crippen LogP contribution in [0, 0.1) is 0 Å². The molecule has 1 aromatic rings. The minimum atomic E-state index is -3.60. The minimum absolute atomic E-state index is 0.114. The number of rotatable bonds is 5. The molecule has 1 amide bonds. The van der Waals surface area contributed by atoms with Gasteiger partial charge in [0.2, 0.25) is 22.7 Å². The van der Waals surface area contributed by atoms with Crippen LogP contribution in [0.2, 0.25) is 0 Å². The maximum Gasteiger partial charge on any atom is 0.243 e. The second-order valence-corrected chi connectivity index (χ2v) is 8.36. The number of amides is 1. The van der Waals surface area contributed by atoms with Gasteiger partial charge >= 0.3 is 0 Å². The van der Waals surface area contributed by atoms with Crippen LogP contribution in [0.15, 0.2) is 18.2 Å². The summed E-state index contributed by atoms with van der Waals surface area (Å²) in [6.07, 6.45) is 5.05. The number of carbonyl (C=O) groups is 1. The van der Waals surface area contributed by atoms with E-state index in [1.54, 1.807) is 18.2 Å². The normalized spacial score (nSPS) is 19.8. The molecule has 1 unspecified atom stereocenters. The molecule has 2 heterocycles. The van der Waals surface area contributed by atoms with Crippen molar-refractivity contribution in [2.24, 2.45) is 0 Å². The highest BCUT2D eigenvalue weighted by Gasteiger charge is 2.30. The number of carbonyl (C=O) groups excluding carboxylic acids is 1. The molecule has 1 saturated heterocycles. The first kappa shape index (κ1) is 17.8. The fourth-order valence-electron chi connectivity index (χ4n) is 3.41. The number of anilines is 1. The van der Waals surface area contributed by atoms with Crippen LogP contribution in [0.25, 0.3) is 0 Å². The molecule has 25 heavy (non-hydrogen) atoms. The van der Waals surface area contributed by atoms with Gasteiger partial charge in [-0.2, -0.15) is 0 Å². The number of hydrogen-bond acceptors (Lipinski definition) is 5. The minimum Gasteiger partial charge on any atom is -0.454 e. The van der Waals surface area contributed by atoms with E-state index in [0.717, 1.165) is 36.2 Å². The molecule has 1 atom stereocenters. The summed E-state index contributed by atoms with van der Waals surface area (Å²) in [5.41, 5.74) is 0.408. The van der Waals surface area contributed by atoms with Crippen LogP contribution in [-0.2, 0) is 14.8 Å². The topological polar surface area (TPSA) is 76.2 Å². The van der Waals surface area contributed by atoms with Crippen LogP contribution in [0.5, 0.6) is 11.5 Å². The van der Waals surface area contributed by atoms with Gasteiger partial charge < -0.3 is 14.4 Å². The first-order valence-corrected chi connectivity index (χ1v) is 10.4. The quantitative estimate of drug-likeness (QED) is 0.794. The molecule has 0 radical (unpaired) electrons. The number of sulfonamides is 1. The van der Waals surface area contributed by atoms with Gasteiger partial charge in [-0.3, -0.25) is 9.10 Å². The molecular formula is C17H24N2O5S. The van der Waals surface area contributed by atoms with E-state index < -0.39 is 10.0 Å². The lowest BCUT2D eigenvalue weighted by Crippen LogP contribution is -2.48. The van der Waals surface area contributed by atoms with Crippen LogP contribution in [0.4, 0.5) is 5.69 Å². The van der Waals surface area contributed by atoms with Gasteiger partial charge in [0.05, 0.1) is 11.9 Å². The zero-order valence-electron chi connectivity index (χ0n) is 14.6. The van der Waals surface area contributed by atoms with Crippen molar-refractivity contribution < 1.29 is 22.7 Å². The summed E-state index contributed by atoms with van der Waals surface area (Å²) in [5.74, 6) is 0.906. The zero-order chi connectivity index (χ0) is 18.0. The van der Waals surface area contributed by atoms with Gasteiger partial charge in [0.25, 0.3) is 0 Å². The Morgan fingerprint density at radius 1 is 1.28 bits per heavy atom. The van der Waals surface area contributed by atoms with Crippen LogP contribution in [0.1, 0.15) is 32.6 Å². The Kier molecular flexibility index (Phi) is 5.08. The van der Waals surface area contributed by atoms with Crippen molar-refractivity contribution in [2.75, 3.05) is 30.4 Å². The molecule has 1 aromatic carbocycles. The van der Waals surface area contributed by atoms with Gasteiger partial charge in [0.1, 0.15) is 6.54 Å². The number of fused-ring (bicyclic) bond motifs is 1. The third-order valence-electron chi connectivity index (χ3n) is 4.74. The molecule has 0 bridgehead atoms. The Morgan fingerprint density at radius 3 is 2.76 bits per heavy atom. The predicted octanol–water partition coefficient (Wildman–Crippen LogP) is 1.97. The number of piperidine rings is 1. The average molecular weight is 368 g/mol.